The van der Waals surface area contributed by atoms with E-state index in [-0.39, 0.29) is 60.0 Å². The number of nitrogens with one attached hydrogen (secondary N) is 3. The third-order valence-electron chi connectivity index (χ3n) is 15.8. The zero-order chi connectivity index (χ0) is 46.8. The summed E-state index contributed by atoms with van der Waals surface area (Å²) >= 11 is 1.51. The van der Waals surface area contributed by atoms with Crippen molar-refractivity contribution in [2.45, 2.75) is 142 Å². The molecule has 4 aromatic rings. The van der Waals surface area contributed by atoms with E-state index in [9.17, 15) is 14.4 Å². The third-order valence-corrected chi connectivity index (χ3v) is 16.7. The van der Waals surface area contributed by atoms with E-state index < -0.39 is 23.0 Å². The summed E-state index contributed by atoms with van der Waals surface area (Å²) in [6.07, 6.45) is 9.85. The summed E-state index contributed by atoms with van der Waals surface area (Å²) in [5, 5.41) is 12.0. The zero-order valence-corrected chi connectivity index (χ0v) is 41.1. The summed E-state index contributed by atoms with van der Waals surface area (Å²) in [7, 11) is 0. The highest BCUT2D eigenvalue weighted by atomic mass is 32.1. The van der Waals surface area contributed by atoms with Crippen molar-refractivity contribution in [1.29, 1.82) is 0 Å². The highest BCUT2D eigenvalue weighted by Gasteiger charge is 2.53. The molecule has 5 fully saturated rings. The number of hydrogen-bond donors (Lipinski definition) is 3. The third kappa shape index (κ3) is 8.94. The van der Waals surface area contributed by atoms with E-state index in [0.717, 1.165) is 122 Å². The van der Waals surface area contributed by atoms with E-state index in [0.29, 0.717) is 25.8 Å². The van der Waals surface area contributed by atoms with E-state index >= 15 is 4.79 Å². The lowest BCUT2D eigenvalue weighted by atomic mass is 9.84. The maximum Gasteiger partial charge on any atom is 0.324 e. The second kappa shape index (κ2) is 18.0. The molecule has 1 spiro atoms. The average Bonchev–Trinajstić information content (AvgIpc) is 3.96. The molecular weight excluding hydrogens is 863 g/mol. The minimum absolute atomic E-state index is 0.0398. The molecule has 6 aliphatic rings. The number of aryl methyl sites for hydroxylation is 1. The minimum atomic E-state index is -0.914. The van der Waals surface area contributed by atoms with Crippen LogP contribution in [0.3, 0.4) is 0 Å². The van der Waals surface area contributed by atoms with Gasteiger partial charge in [-0.25, -0.2) is 10.4 Å². The number of amides is 3. The van der Waals surface area contributed by atoms with Gasteiger partial charge in [-0.3, -0.25) is 34.1 Å². The zero-order valence-electron chi connectivity index (χ0n) is 40.3. The molecule has 358 valence electrons. The van der Waals surface area contributed by atoms with E-state index in [1.165, 1.54) is 21.9 Å². The van der Waals surface area contributed by atoms with Gasteiger partial charge < -0.3 is 24.8 Å². The number of aromatic nitrogens is 3. The van der Waals surface area contributed by atoms with Crippen LogP contribution in [0.15, 0.2) is 41.9 Å². The molecule has 3 N–H and O–H groups in total. The van der Waals surface area contributed by atoms with Gasteiger partial charge in [-0.2, -0.15) is 0 Å². The average molecular weight is 932 g/mol. The molecule has 5 aliphatic heterocycles. The predicted molar refractivity (Wildman–Crippen MR) is 260 cm³/mol. The first kappa shape index (κ1) is 46.1. The maximum absolute atomic E-state index is 15.0. The molecule has 14 nitrogen and oxygen atoms in total. The van der Waals surface area contributed by atoms with Crippen molar-refractivity contribution >= 4 is 45.9 Å². The molecule has 1 saturated carbocycles. The quantitative estimate of drug-likeness (QED) is 0.132. The first-order valence-electron chi connectivity index (χ1n) is 25.0. The molecule has 8 heterocycles. The van der Waals surface area contributed by atoms with Crippen molar-refractivity contribution in [3.63, 3.8) is 0 Å². The van der Waals surface area contributed by atoms with Gasteiger partial charge in [0, 0.05) is 90.1 Å². The molecule has 10 rings (SSSR count). The number of benzene rings is 1. The fraction of sp³-hybridized carbons (Fsp3) is 0.615. The minimum Gasteiger partial charge on any atom is -0.464 e. The molecule has 3 amide bonds. The van der Waals surface area contributed by atoms with Crippen molar-refractivity contribution in [3.05, 3.63) is 58.2 Å². The highest BCUT2D eigenvalue weighted by Crippen LogP contribution is 2.45. The summed E-state index contributed by atoms with van der Waals surface area (Å²) in [6, 6.07) is 8.77. The number of fused-ring (bicyclic) bond motifs is 6. The second-order valence-electron chi connectivity index (χ2n) is 21.9. The fourth-order valence-electron chi connectivity index (χ4n) is 12.1. The molecule has 0 radical (unpaired) electrons. The van der Waals surface area contributed by atoms with Gasteiger partial charge in [0.1, 0.15) is 17.6 Å². The van der Waals surface area contributed by atoms with Crippen LogP contribution in [0.4, 0.5) is 0 Å². The number of nitrogens with zero attached hydrogens (tertiary/aromatic N) is 6. The summed E-state index contributed by atoms with van der Waals surface area (Å²) in [4.78, 5) is 71.7. The Morgan fingerprint density at radius 3 is 2.57 bits per heavy atom. The van der Waals surface area contributed by atoms with Crippen LogP contribution in [0.1, 0.15) is 115 Å². The van der Waals surface area contributed by atoms with E-state index in [1.807, 2.05) is 24.1 Å². The first-order chi connectivity index (χ1) is 32.1. The lowest BCUT2D eigenvalue weighted by molar-refractivity contribution is -0.155. The van der Waals surface area contributed by atoms with Crippen LogP contribution in [-0.4, -0.2) is 123 Å². The van der Waals surface area contributed by atoms with Crippen LogP contribution in [0.5, 0.6) is 0 Å². The summed E-state index contributed by atoms with van der Waals surface area (Å²) in [5.41, 5.74) is 9.73. The Hall–Kier alpha value is -4.70. The molecule has 1 aromatic carbocycles. The standard InChI is InChI=1S/C52H69N9O5S/c1-7-60-41-17-16-34-24-36(41)37(45(60)35-14-10-20-53-43(35)32(2)3)26-50(4,5)31-66-48(64)38-15-11-21-61(57-38)47(63)39(25-42-55-40(34)27-67-42)56-46(62)44(33-12-8-9-13-33)58-22-18-52(29-58)19-23-59(30-52)49(65)51(6)28-54-51/h10,14,16-17,20,24,27,32-33,38-39,44,54,57H,7-9,11-13,15,18-19,21-23,25-26,28-31H2,1-6H3,(H,56,62)/t38-,39-,44-,51+,52-/m0/s1. The molecule has 3 aromatic heterocycles. The summed E-state index contributed by atoms with van der Waals surface area (Å²) in [6.45, 7) is 17.9. The lowest BCUT2D eigenvalue weighted by Crippen LogP contribution is -2.62. The highest BCUT2D eigenvalue weighted by molar-refractivity contribution is 7.10. The Morgan fingerprint density at radius 1 is 1.01 bits per heavy atom. The van der Waals surface area contributed by atoms with E-state index in [1.54, 1.807) is 0 Å². The number of rotatable bonds is 8. The number of carbonyl (C=O) groups is 4. The fourth-order valence-corrected chi connectivity index (χ4v) is 12.9. The Bertz CT molecular complexity index is 2560. The number of ether oxygens (including phenoxy) is 1. The normalized spacial score (nSPS) is 27.5. The van der Waals surface area contributed by atoms with Gasteiger partial charge >= 0.3 is 5.97 Å². The van der Waals surface area contributed by atoms with Crippen LogP contribution in [0.2, 0.25) is 0 Å². The van der Waals surface area contributed by atoms with Gasteiger partial charge in [-0.1, -0.05) is 46.6 Å². The smallest absolute Gasteiger partial charge is 0.324 e. The number of likely N-dealkylation sites (tertiary alicyclic amines) is 2. The largest absolute Gasteiger partial charge is 0.464 e. The molecule has 1 aliphatic carbocycles. The Kier molecular flexibility index (Phi) is 12.4. The van der Waals surface area contributed by atoms with Gasteiger partial charge in [-0.15, -0.1) is 11.3 Å². The molecular formula is C52H69N9O5S. The number of hydrazine groups is 1. The summed E-state index contributed by atoms with van der Waals surface area (Å²) < 4.78 is 8.58. The Balaban J connectivity index is 0.987. The topological polar surface area (TPSA) is 164 Å². The number of hydrogen-bond acceptors (Lipinski definition) is 11. The number of thiazole rings is 1. The Morgan fingerprint density at radius 2 is 1.81 bits per heavy atom. The maximum atomic E-state index is 15.0. The van der Waals surface area contributed by atoms with Gasteiger partial charge in [0.2, 0.25) is 11.8 Å². The number of pyridine rings is 1. The van der Waals surface area contributed by atoms with Crippen LogP contribution < -0.4 is 16.1 Å². The SMILES string of the molecule is CCn1c(-c2cccnc2C(C)C)c2c3cc(ccc31)-c1csc(n1)C[C@H](NC(=O)[C@H](C1CCCC1)N1CC[C@]3(CCN(C(=O)[C@@]4(C)CN4)C3)C1)C(=O)N1CCC[C@H](N1)C(=O)OCC(C)(C)C2. The van der Waals surface area contributed by atoms with Gasteiger partial charge in [-0.05, 0) is 107 Å². The molecule has 6 bridgehead atoms. The van der Waals surface area contributed by atoms with Gasteiger partial charge in [0.25, 0.3) is 5.91 Å². The molecule has 5 atom stereocenters. The number of esters is 1. The van der Waals surface area contributed by atoms with Crippen molar-refractivity contribution < 1.29 is 23.9 Å². The van der Waals surface area contributed by atoms with Gasteiger partial charge in [0.15, 0.2) is 0 Å². The van der Waals surface area contributed by atoms with Crippen molar-refractivity contribution in [2.75, 3.05) is 45.9 Å². The van der Waals surface area contributed by atoms with Crippen molar-refractivity contribution in [1.82, 2.24) is 45.4 Å². The molecule has 4 saturated heterocycles. The van der Waals surface area contributed by atoms with Crippen molar-refractivity contribution in [3.8, 4) is 22.5 Å². The van der Waals surface area contributed by atoms with Crippen molar-refractivity contribution in [2.24, 2.45) is 16.7 Å². The Labute approximate surface area is 398 Å². The van der Waals surface area contributed by atoms with E-state index in [2.05, 4.69) is 89.8 Å². The molecule has 0 unspecified atom stereocenters. The molecule has 67 heavy (non-hydrogen) atoms. The van der Waals surface area contributed by atoms with Gasteiger partial charge in [0.05, 0.1) is 34.7 Å². The first-order valence-corrected chi connectivity index (χ1v) is 25.9. The second-order valence-corrected chi connectivity index (χ2v) is 22.9. The van der Waals surface area contributed by atoms with E-state index in [4.69, 9.17) is 14.7 Å². The predicted octanol–water partition coefficient (Wildman–Crippen LogP) is 6.46. The van der Waals surface area contributed by atoms with Crippen LogP contribution in [0.25, 0.3) is 33.4 Å². The number of carbonyl (C=O) groups excluding carboxylic acids is 4. The summed E-state index contributed by atoms with van der Waals surface area (Å²) in [5.74, 6) is -0.217. The monoisotopic (exact) mass is 932 g/mol. The molecule has 15 heteroatoms. The number of cyclic esters (lactones) is 1. The van der Waals surface area contributed by atoms with Crippen LogP contribution in [0, 0.1) is 16.7 Å². The lowest BCUT2D eigenvalue weighted by Gasteiger charge is -2.37. The van der Waals surface area contributed by atoms with Crippen LogP contribution in [-0.2, 0) is 43.3 Å². The van der Waals surface area contributed by atoms with Crippen LogP contribution >= 0.6 is 11.3 Å².